The van der Waals surface area contributed by atoms with Gasteiger partial charge in [-0.15, -0.1) is 11.3 Å². The predicted octanol–water partition coefficient (Wildman–Crippen LogP) is 4.46. The van der Waals surface area contributed by atoms with Crippen molar-refractivity contribution >= 4 is 23.1 Å². The Hall–Kier alpha value is -3.32. The van der Waals surface area contributed by atoms with Crippen LogP contribution in [0.15, 0.2) is 53.9 Å². The summed E-state index contributed by atoms with van der Waals surface area (Å²) in [6.45, 7) is 0.485. The molecule has 1 aliphatic heterocycles. The fraction of sp³-hybridized carbons (Fsp3) is 0.280. The van der Waals surface area contributed by atoms with Crippen molar-refractivity contribution in [3.63, 3.8) is 0 Å². The molecule has 0 spiro atoms. The number of esters is 1. The Morgan fingerprint density at radius 3 is 2.44 bits per heavy atom. The largest absolute Gasteiger partial charge is 0.493 e. The first kappa shape index (κ1) is 20.6. The molecule has 1 aliphatic carbocycles. The Morgan fingerprint density at radius 1 is 1.03 bits per heavy atom. The van der Waals surface area contributed by atoms with Crippen LogP contribution in [0.2, 0.25) is 0 Å². The summed E-state index contributed by atoms with van der Waals surface area (Å²) in [6.07, 6.45) is 0. The third-order valence-electron chi connectivity index (χ3n) is 6.13. The predicted molar refractivity (Wildman–Crippen MR) is 119 cm³/mol. The van der Waals surface area contributed by atoms with Gasteiger partial charge in [-0.25, -0.2) is 0 Å². The van der Waals surface area contributed by atoms with Crippen LogP contribution in [0.4, 0.5) is 0 Å². The van der Waals surface area contributed by atoms with Crippen LogP contribution in [0, 0.1) is 11.8 Å². The van der Waals surface area contributed by atoms with Gasteiger partial charge >= 0.3 is 5.97 Å². The highest BCUT2D eigenvalue weighted by Gasteiger charge is 2.52. The molecular weight excluding hydrogens is 428 g/mol. The molecule has 0 radical (unpaired) electrons. The van der Waals surface area contributed by atoms with Crippen molar-refractivity contribution in [1.82, 2.24) is 0 Å². The smallest absolute Gasteiger partial charge is 0.310 e. The van der Waals surface area contributed by atoms with Gasteiger partial charge in [0.25, 0.3) is 0 Å². The van der Waals surface area contributed by atoms with E-state index in [9.17, 15) is 9.59 Å². The van der Waals surface area contributed by atoms with Crippen LogP contribution in [0.1, 0.15) is 32.3 Å². The van der Waals surface area contributed by atoms with E-state index in [-0.39, 0.29) is 24.3 Å². The molecule has 3 aromatic rings. The lowest BCUT2D eigenvalue weighted by atomic mass is 9.69. The van der Waals surface area contributed by atoms with Crippen molar-refractivity contribution in [3.05, 3.63) is 75.5 Å². The highest BCUT2D eigenvalue weighted by molar-refractivity contribution is 7.12. The monoisotopic (exact) mass is 450 g/mol. The second-order valence-electron chi connectivity index (χ2n) is 7.84. The van der Waals surface area contributed by atoms with Crippen LogP contribution in [-0.2, 0) is 16.1 Å². The number of cyclic esters (lactones) is 1. The van der Waals surface area contributed by atoms with E-state index >= 15 is 0 Å². The lowest BCUT2D eigenvalue weighted by molar-refractivity contribution is -0.141. The molecule has 1 fully saturated rings. The number of hydrogen-bond donors (Lipinski definition) is 0. The van der Waals surface area contributed by atoms with E-state index in [0.717, 1.165) is 16.7 Å². The number of benzene rings is 2. The number of Topliss-reactive ketones (excluding diaryl/α,β-unsaturated/α-hetero) is 1. The molecule has 0 unspecified atom stereocenters. The number of ether oxygens (including phenoxy) is 4. The molecule has 0 bridgehead atoms. The molecule has 6 nitrogen and oxygen atoms in total. The summed E-state index contributed by atoms with van der Waals surface area (Å²) >= 11 is 1.41. The number of carbonyl (C=O) groups excluding carboxylic acids is 2. The number of ketones is 1. The maximum Gasteiger partial charge on any atom is 0.310 e. The Morgan fingerprint density at radius 2 is 1.75 bits per heavy atom. The zero-order chi connectivity index (χ0) is 22.2. The number of hydrogen-bond acceptors (Lipinski definition) is 7. The Kier molecular flexibility index (Phi) is 5.35. The highest BCUT2D eigenvalue weighted by atomic mass is 32.1. The molecule has 7 heteroatoms. The van der Waals surface area contributed by atoms with Crippen molar-refractivity contribution in [1.29, 1.82) is 0 Å². The van der Waals surface area contributed by atoms with Gasteiger partial charge in [-0.1, -0.05) is 30.3 Å². The standard InChI is InChI=1S/C25H22O6S/c1-28-18-10-15(11-19(29-2)23(18)30-12-14-6-4-3-5-7-14)20-16-8-9-32-24(16)22(26)17-13-31-25(27)21(17)20/h3-11,17,20-21H,12-13H2,1-2H3/t17-,20-,21-/m1/s1. The summed E-state index contributed by atoms with van der Waals surface area (Å²) < 4.78 is 22.7. The number of carbonyl (C=O) groups is 2. The summed E-state index contributed by atoms with van der Waals surface area (Å²) in [7, 11) is 3.14. The first-order valence-electron chi connectivity index (χ1n) is 10.3. The van der Waals surface area contributed by atoms with Gasteiger partial charge in [0.15, 0.2) is 17.3 Å². The van der Waals surface area contributed by atoms with Gasteiger partial charge in [0, 0.05) is 5.92 Å². The van der Waals surface area contributed by atoms with Crippen molar-refractivity contribution in [2.75, 3.05) is 20.8 Å². The fourth-order valence-corrected chi connectivity index (χ4v) is 5.56. The minimum atomic E-state index is -0.560. The van der Waals surface area contributed by atoms with Crippen molar-refractivity contribution < 1.29 is 28.5 Å². The second-order valence-corrected chi connectivity index (χ2v) is 8.75. The SMILES string of the molecule is COc1cc([C@@H]2c3ccsc3C(=O)[C@@H]3COC(=O)[C@@H]23)cc(OC)c1OCc1ccccc1. The average molecular weight is 451 g/mol. The minimum absolute atomic E-state index is 0.0103. The zero-order valence-corrected chi connectivity index (χ0v) is 18.5. The molecule has 164 valence electrons. The van der Waals surface area contributed by atoms with E-state index < -0.39 is 11.8 Å². The number of methoxy groups -OCH3 is 2. The van der Waals surface area contributed by atoms with E-state index in [0.29, 0.717) is 28.7 Å². The number of fused-ring (bicyclic) bond motifs is 2. The minimum Gasteiger partial charge on any atom is -0.493 e. The molecule has 2 heterocycles. The normalized spacial score (nSPS) is 21.5. The first-order chi connectivity index (χ1) is 15.6. The van der Waals surface area contributed by atoms with E-state index in [1.54, 1.807) is 14.2 Å². The first-order valence-corrected chi connectivity index (χ1v) is 11.2. The highest BCUT2D eigenvalue weighted by Crippen LogP contribution is 2.51. The van der Waals surface area contributed by atoms with E-state index in [4.69, 9.17) is 18.9 Å². The molecule has 3 atom stereocenters. The van der Waals surface area contributed by atoms with Gasteiger partial charge in [-0.2, -0.15) is 0 Å². The summed E-state index contributed by atoms with van der Waals surface area (Å²) in [5, 5.41) is 1.90. The van der Waals surface area contributed by atoms with Crippen LogP contribution in [0.25, 0.3) is 0 Å². The van der Waals surface area contributed by atoms with Crippen LogP contribution in [-0.4, -0.2) is 32.6 Å². The lowest BCUT2D eigenvalue weighted by Crippen LogP contribution is -2.35. The van der Waals surface area contributed by atoms with Crippen LogP contribution in [0.5, 0.6) is 17.2 Å². The van der Waals surface area contributed by atoms with E-state index in [1.807, 2.05) is 53.9 Å². The quantitative estimate of drug-likeness (QED) is 0.517. The summed E-state index contributed by atoms with van der Waals surface area (Å²) in [6, 6.07) is 15.5. The van der Waals surface area contributed by atoms with Gasteiger partial charge in [-0.3, -0.25) is 9.59 Å². The Labute approximate surface area is 189 Å². The van der Waals surface area contributed by atoms with Gasteiger partial charge in [0.2, 0.25) is 5.75 Å². The average Bonchev–Trinajstić information content (AvgIpc) is 3.46. The summed E-state index contributed by atoms with van der Waals surface area (Å²) in [4.78, 5) is 26.2. The topological polar surface area (TPSA) is 71.1 Å². The Bertz CT molecular complexity index is 1140. The van der Waals surface area contributed by atoms with Gasteiger partial charge < -0.3 is 18.9 Å². The van der Waals surface area contributed by atoms with Gasteiger partial charge in [0.1, 0.15) is 13.2 Å². The molecule has 5 rings (SSSR count). The van der Waals surface area contributed by atoms with E-state index in [2.05, 4.69) is 0 Å². The summed E-state index contributed by atoms with van der Waals surface area (Å²) in [5.41, 5.74) is 2.69. The molecule has 2 aromatic carbocycles. The molecular formula is C25H22O6S. The third-order valence-corrected chi connectivity index (χ3v) is 7.07. The second kappa shape index (κ2) is 8.31. The number of thiophene rings is 1. The molecule has 0 N–H and O–H groups in total. The Balaban J connectivity index is 1.57. The molecule has 1 aromatic heterocycles. The van der Waals surface area contributed by atoms with Crippen LogP contribution in [0.3, 0.4) is 0 Å². The molecule has 32 heavy (non-hydrogen) atoms. The molecule has 2 aliphatic rings. The van der Waals surface area contributed by atoms with Gasteiger partial charge in [0.05, 0.1) is 30.9 Å². The third kappa shape index (κ3) is 3.33. The van der Waals surface area contributed by atoms with Crippen molar-refractivity contribution in [3.8, 4) is 17.2 Å². The maximum atomic E-state index is 12.9. The lowest BCUT2D eigenvalue weighted by Gasteiger charge is -2.31. The molecule has 1 saturated heterocycles. The number of rotatable bonds is 6. The van der Waals surface area contributed by atoms with Crippen molar-refractivity contribution in [2.45, 2.75) is 12.5 Å². The van der Waals surface area contributed by atoms with Crippen LogP contribution >= 0.6 is 11.3 Å². The zero-order valence-electron chi connectivity index (χ0n) is 17.7. The summed E-state index contributed by atoms with van der Waals surface area (Å²) in [5.74, 6) is -0.194. The molecule has 0 amide bonds. The van der Waals surface area contributed by atoms with Crippen LogP contribution < -0.4 is 14.2 Å². The van der Waals surface area contributed by atoms with Gasteiger partial charge in [-0.05, 0) is 40.3 Å². The molecule has 0 saturated carbocycles. The van der Waals surface area contributed by atoms with E-state index in [1.165, 1.54) is 11.3 Å². The maximum absolute atomic E-state index is 12.9. The van der Waals surface area contributed by atoms with Crippen molar-refractivity contribution in [2.24, 2.45) is 11.8 Å². The fourth-order valence-electron chi connectivity index (χ4n) is 4.61.